The fourth-order valence-corrected chi connectivity index (χ4v) is 5.45. The third-order valence-corrected chi connectivity index (χ3v) is 7.97. The molecule has 9 heteroatoms. The normalized spacial score (nSPS) is 29.8. The number of fused-ring (bicyclic) bond motifs is 1. The number of hydrogen-bond acceptors (Lipinski definition) is 6. The highest BCUT2D eigenvalue weighted by atomic mass is 16.6. The molecule has 34 heavy (non-hydrogen) atoms. The summed E-state index contributed by atoms with van der Waals surface area (Å²) in [6.45, 7) is 3.53. The highest BCUT2D eigenvalue weighted by Crippen LogP contribution is 2.53. The van der Waals surface area contributed by atoms with Crippen LogP contribution in [-0.4, -0.2) is 88.4 Å². The number of benzene rings is 1. The van der Waals surface area contributed by atoms with Crippen LogP contribution in [0, 0.1) is 5.41 Å². The minimum atomic E-state index is -0.661. The second kappa shape index (κ2) is 9.19. The number of amides is 3. The van der Waals surface area contributed by atoms with Crippen molar-refractivity contribution in [1.82, 2.24) is 14.7 Å². The van der Waals surface area contributed by atoms with E-state index in [0.717, 1.165) is 24.8 Å². The maximum Gasteiger partial charge on any atom is 0.410 e. The van der Waals surface area contributed by atoms with Gasteiger partial charge in [-0.25, -0.2) is 4.79 Å². The average Bonchev–Trinajstić information content (AvgIpc) is 3.51. The van der Waals surface area contributed by atoms with Crippen LogP contribution in [0.25, 0.3) is 0 Å². The molecular formula is C25H33N3O6. The Labute approximate surface area is 199 Å². The van der Waals surface area contributed by atoms with E-state index in [0.29, 0.717) is 32.5 Å². The minimum Gasteiger partial charge on any atom is -0.445 e. The Balaban J connectivity index is 1.13. The molecule has 0 aromatic heterocycles. The van der Waals surface area contributed by atoms with Crippen molar-refractivity contribution in [2.45, 2.75) is 70.1 Å². The van der Waals surface area contributed by atoms with Crippen molar-refractivity contribution in [3.8, 4) is 0 Å². The second-order valence-corrected chi connectivity index (χ2v) is 10.1. The summed E-state index contributed by atoms with van der Waals surface area (Å²) in [4.78, 5) is 43.5. The number of piperidine rings is 1. The molecule has 0 radical (unpaired) electrons. The first-order valence-electron chi connectivity index (χ1n) is 12.2. The molecule has 184 valence electrons. The molecule has 1 unspecified atom stereocenters. The van der Waals surface area contributed by atoms with Crippen molar-refractivity contribution in [2.24, 2.45) is 5.41 Å². The van der Waals surface area contributed by atoms with Crippen molar-refractivity contribution >= 4 is 17.9 Å². The van der Waals surface area contributed by atoms with Gasteiger partial charge in [0.05, 0.1) is 25.3 Å². The molecule has 3 aliphatic heterocycles. The number of piperazine rings is 1. The Bertz CT molecular complexity index is 936. The molecule has 1 saturated carbocycles. The van der Waals surface area contributed by atoms with Crippen LogP contribution in [0.3, 0.4) is 0 Å². The summed E-state index contributed by atoms with van der Waals surface area (Å²) >= 11 is 0. The maximum atomic E-state index is 13.1. The molecule has 3 amide bonds. The van der Waals surface area contributed by atoms with Gasteiger partial charge in [-0.1, -0.05) is 30.3 Å². The van der Waals surface area contributed by atoms with Gasteiger partial charge >= 0.3 is 6.09 Å². The van der Waals surface area contributed by atoms with E-state index in [1.165, 1.54) is 4.90 Å². The lowest BCUT2D eigenvalue weighted by atomic mass is 9.90. The summed E-state index contributed by atoms with van der Waals surface area (Å²) in [5.41, 5.74) is 0.942. The van der Waals surface area contributed by atoms with Crippen LogP contribution in [0.15, 0.2) is 30.3 Å². The molecule has 1 aromatic rings. The van der Waals surface area contributed by atoms with E-state index < -0.39 is 24.5 Å². The quantitative estimate of drug-likeness (QED) is 0.702. The number of ether oxygens (including phenoxy) is 2. The summed E-state index contributed by atoms with van der Waals surface area (Å²) in [6, 6.07) is 8.54. The number of aliphatic hydroxyl groups is 1. The highest BCUT2D eigenvalue weighted by molar-refractivity contribution is 5.87. The molecule has 4 fully saturated rings. The predicted molar refractivity (Wildman–Crippen MR) is 121 cm³/mol. The van der Waals surface area contributed by atoms with Crippen molar-refractivity contribution < 1.29 is 29.0 Å². The van der Waals surface area contributed by atoms with Crippen LogP contribution < -0.4 is 0 Å². The lowest BCUT2D eigenvalue weighted by Gasteiger charge is -2.41. The van der Waals surface area contributed by atoms with Crippen molar-refractivity contribution in [2.75, 3.05) is 26.2 Å². The van der Waals surface area contributed by atoms with Gasteiger partial charge in [0.2, 0.25) is 11.8 Å². The zero-order valence-electron chi connectivity index (χ0n) is 19.6. The summed E-state index contributed by atoms with van der Waals surface area (Å²) in [7, 11) is 0. The van der Waals surface area contributed by atoms with E-state index in [1.54, 1.807) is 16.7 Å². The zero-order chi connectivity index (χ0) is 23.9. The van der Waals surface area contributed by atoms with Crippen LogP contribution in [0.4, 0.5) is 4.79 Å². The van der Waals surface area contributed by atoms with Crippen molar-refractivity contribution in [3.63, 3.8) is 0 Å². The number of carbonyl (C=O) groups is 3. The van der Waals surface area contributed by atoms with E-state index >= 15 is 0 Å². The molecule has 1 aliphatic carbocycles. The van der Waals surface area contributed by atoms with Crippen LogP contribution in [0.1, 0.15) is 44.6 Å². The molecule has 5 rings (SSSR count). The molecule has 9 nitrogen and oxygen atoms in total. The number of carbonyl (C=O) groups excluding carboxylic acids is 3. The van der Waals surface area contributed by atoms with E-state index in [-0.39, 0.29) is 36.4 Å². The first-order chi connectivity index (χ1) is 16.4. The Morgan fingerprint density at radius 2 is 1.94 bits per heavy atom. The molecule has 1 N–H and O–H groups in total. The molecule has 4 aliphatic rings. The van der Waals surface area contributed by atoms with Gasteiger partial charge in [-0.15, -0.1) is 0 Å². The van der Waals surface area contributed by atoms with Crippen LogP contribution in [-0.2, 0) is 25.7 Å². The van der Waals surface area contributed by atoms with Gasteiger partial charge in [0, 0.05) is 19.5 Å². The maximum absolute atomic E-state index is 13.1. The lowest BCUT2D eigenvalue weighted by molar-refractivity contribution is -0.152. The molecular weight excluding hydrogens is 438 g/mol. The first-order valence-corrected chi connectivity index (χ1v) is 12.2. The number of nitrogens with zero attached hydrogens (tertiary/aromatic N) is 3. The monoisotopic (exact) mass is 471 g/mol. The smallest absolute Gasteiger partial charge is 0.410 e. The van der Waals surface area contributed by atoms with E-state index in [9.17, 15) is 19.5 Å². The average molecular weight is 472 g/mol. The summed E-state index contributed by atoms with van der Waals surface area (Å²) < 4.78 is 11.3. The van der Waals surface area contributed by atoms with Crippen molar-refractivity contribution in [3.05, 3.63) is 35.9 Å². The number of likely N-dealkylation sites (tertiary alicyclic amines) is 1. The minimum absolute atomic E-state index is 0.0154. The third kappa shape index (κ3) is 4.38. The van der Waals surface area contributed by atoms with Crippen LogP contribution >= 0.6 is 0 Å². The first kappa shape index (κ1) is 23.1. The highest BCUT2D eigenvalue weighted by Gasteiger charge is 2.52. The van der Waals surface area contributed by atoms with E-state index in [1.807, 2.05) is 30.3 Å². The standard InChI is InChI=1S/C25H33N3O6/c1-17-23(31)28-19(7-8-21(30)26-12-11-25(9-10-25)20(29)13-26)16-33-22(28)14-27(17)24(32)34-15-18-5-3-2-4-6-18/h2-6,17,19-20,22,29H,7-16H2,1H3/t17-,19-,20+,22?/m0/s1. The molecule has 4 atom stereocenters. The van der Waals surface area contributed by atoms with Gasteiger partial charge in [0.1, 0.15) is 12.6 Å². The van der Waals surface area contributed by atoms with Gasteiger partial charge in [-0.2, -0.15) is 0 Å². The van der Waals surface area contributed by atoms with Gasteiger partial charge in [0.25, 0.3) is 0 Å². The summed E-state index contributed by atoms with van der Waals surface area (Å²) in [5, 5.41) is 10.4. The van der Waals surface area contributed by atoms with Gasteiger partial charge in [0.15, 0.2) is 6.23 Å². The molecule has 3 saturated heterocycles. The number of hydrogen-bond donors (Lipinski definition) is 1. The largest absolute Gasteiger partial charge is 0.445 e. The zero-order valence-corrected chi connectivity index (χ0v) is 19.6. The summed E-state index contributed by atoms with van der Waals surface area (Å²) in [5.74, 6) is -0.173. The molecule has 1 aromatic carbocycles. The number of rotatable bonds is 5. The third-order valence-electron chi connectivity index (χ3n) is 7.97. The number of aliphatic hydroxyl groups excluding tert-OH is 1. The van der Waals surface area contributed by atoms with Crippen LogP contribution in [0.2, 0.25) is 0 Å². The molecule has 1 spiro atoms. The lowest BCUT2D eigenvalue weighted by Crippen LogP contribution is -2.62. The van der Waals surface area contributed by atoms with E-state index in [2.05, 4.69) is 0 Å². The van der Waals surface area contributed by atoms with Gasteiger partial charge in [-0.05, 0) is 43.6 Å². The molecule has 0 bridgehead atoms. The fourth-order valence-electron chi connectivity index (χ4n) is 5.45. The Morgan fingerprint density at radius 3 is 2.65 bits per heavy atom. The van der Waals surface area contributed by atoms with E-state index in [4.69, 9.17) is 9.47 Å². The fraction of sp³-hybridized carbons (Fsp3) is 0.640. The van der Waals surface area contributed by atoms with Crippen LogP contribution in [0.5, 0.6) is 0 Å². The SMILES string of the molecule is C[C@H]1C(=O)N2C(CN1C(=O)OCc1ccccc1)OC[C@@H]2CCC(=O)N1CCC2(CC2)[C@H](O)C1. The Morgan fingerprint density at radius 1 is 1.18 bits per heavy atom. The summed E-state index contributed by atoms with van der Waals surface area (Å²) in [6.07, 6.45) is 2.30. The second-order valence-electron chi connectivity index (χ2n) is 10.1. The van der Waals surface area contributed by atoms with Crippen molar-refractivity contribution in [1.29, 1.82) is 0 Å². The Kier molecular flexibility index (Phi) is 6.24. The molecule has 3 heterocycles. The van der Waals surface area contributed by atoms with Gasteiger partial charge < -0.3 is 24.4 Å². The Hall–Kier alpha value is -2.65. The number of β-amino-alcohol motifs (C(OH)–C–C–N with tert-alkyl or cyclic N) is 1. The predicted octanol–water partition coefficient (Wildman–Crippen LogP) is 1.73. The van der Waals surface area contributed by atoms with Gasteiger partial charge in [-0.3, -0.25) is 14.5 Å². The topological polar surface area (TPSA) is 99.6 Å².